The molecule has 3 N–H and O–H groups in total. The van der Waals surface area contributed by atoms with Gasteiger partial charge in [-0.05, 0) is 55.2 Å². The lowest BCUT2D eigenvalue weighted by atomic mass is 9.80. The summed E-state index contributed by atoms with van der Waals surface area (Å²) in [5.41, 5.74) is 0.965. The molecular formula is C60H108O6. The van der Waals surface area contributed by atoms with Crippen LogP contribution in [0.3, 0.4) is 0 Å². The molecule has 6 heteroatoms. The van der Waals surface area contributed by atoms with Gasteiger partial charge in [0.2, 0.25) is 0 Å². The molecular weight excluding hydrogens is 817 g/mol. The Kier molecular flexibility index (Phi) is 42.1. The van der Waals surface area contributed by atoms with Gasteiger partial charge in [-0.2, -0.15) is 0 Å². The van der Waals surface area contributed by atoms with Gasteiger partial charge in [0.1, 0.15) is 0 Å². The molecule has 6 nitrogen and oxygen atoms in total. The highest BCUT2D eigenvalue weighted by molar-refractivity contribution is 6.07. The van der Waals surface area contributed by atoms with Gasteiger partial charge < -0.3 is 15.3 Å². The van der Waals surface area contributed by atoms with Gasteiger partial charge in [0.05, 0.1) is 16.7 Å². The summed E-state index contributed by atoms with van der Waals surface area (Å²) in [4.78, 5) is 39.4. The molecule has 0 heterocycles. The maximum atomic E-state index is 13.2. The number of hydrogen-bond donors (Lipinski definition) is 3. The quantitative estimate of drug-likeness (QED) is 0.0561. The highest BCUT2D eigenvalue weighted by Crippen LogP contribution is 2.34. The number of aromatic carboxylic acids is 3. The van der Waals surface area contributed by atoms with Crippen LogP contribution >= 0.6 is 0 Å². The summed E-state index contributed by atoms with van der Waals surface area (Å²) in [6, 6.07) is 0. The first-order chi connectivity index (χ1) is 32.3. The fraction of sp³-hybridized carbons (Fsp3) is 0.850. The van der Waals surface area contributed by atoms with E-state index in [4.69, 9.17) is 0 Å². The van der Waals surface area contributed by atoms with Gasteiger partial charge in [-0.15, -0.1) is 0 Å². The van der Waals surface area contributed by atoms with E-state index in [-0.39, 0.29) is 28.7 Å². The van der Waals surface area contributed by atoms with E-state index in [9.17, 15) is 29.7 Å². The largest absolute Gasteiger partial charge is 0.478 e. The van der Waals surface area contributed by atoms with Crippen LogP contribution in [0.4, 0.5) is 0 Å². The molecule has 0 atom stereocenters. The maximum absolute atomic E-state index is 13.2. The zero-order chi connectivity index (χ0) is 48.1. The molecule has 1 aromatic rings. The van der Waals surface area contributed by atoms with E-state index in [0.717, 1.165) is 70.6 Å². The summed E-state index contributed by atoms with van der Waals surface area (Å²) >= 11 is 0. The predicted octanol–water partition coefficient (Wildman–Crippen LogP) is 20.0. The minimum atomic E-state index is -1.32. The van der Waals surface area contributed by atoms with Crippen molar-refractivity contribution in [1.82, 2.24) is 0 Å². The Morgan fingerprint density at radius 3 is 0.576 bits per heavy atom. The SMILES string of the molecule is CCCCCCCCCCCCCCCCCc1c(CCCCCCCCCCCCCCCCC)c(C(=O)O)c(C(=O)O)c(CCCCCCCCCCCCCCCCC)c1C(=O)O. The fourth-order valence-corrected chi connectivity index (χ4v) is 10.5. The Morgan fingerprint density at radius 2 is 0.379 bits per heavy atom. The second kappa shape index (κ2) is 45.1. The molecule has 0 saturated heterocycles. The molecule has 0 aliphatic rings. The molecule has 0 aromatic heterocycles. The van der Waals surface area contributed by atoms with Crippen LogP contribution in [0.1, 0.15) is 357 Å². The molecule has 0 radical (unpaired) electrons. The van der Waals surface area contributed by atoms with Crippen molar-refractivity contribution < 1.29 is 29.7 Å². The Balaban J connectivity index is 2.88. The van der Waals surface area contributed by atoms with Crippen molar-refractivity contribution in [3.8, 4) is 0 Å². The summed E-state index contributed by atoms with van der Waals surface area (Å²) in [5, 5.41) is 32.1. The minimum absolute atomic E-state index is 0.0871. The van der Waals surface area contributed by atoms with Crippen molar-refractivity contribution in [2.24, 2.45) is 0 Å². The van der Waals surface area contributed by atoms with Crippen molar-refractivity contribution in [1.29, 1.82) is 0 Å². The number of unbranched alkanes of at least 4 members (excludes halogenated alkanes) is 42. The van der Waals surface area contributed by atoms with E-state index < -0.39 is 17.9 Å². The number of carbonyl (C=O) groups is 3. The molecule has 66 heavy (non-hydrogen) atoms. The Morgan fingerprint density at radius 1 is 0.227 bits per heavy atom. The van der Waals surface area contributed by atoms with Gasteiger partial charge in [-0.3, -0.25) is 0 Å². The van der Waals surface area contributed by atoms with Crippen LogP contribution in [-0.2, 0) is 19.3 Å². The van der Waals surface area contributed by atoms with Crippen molar-refractivity contribution in [3.63, 3.8) is 0 Å². The zero-order valence-corrected chi connectivity index (χ0v) is 44.0. The van der Waals surface area contributed by atoms with E-state index >= 15 is 0 Å². The predicted molar refractivity (Wildman–Crippen MR) is 283 cm³/mol. The Hall–Kier alpha value is -2.37. The second-order valence-electron chi connectivity index (χ2n) is 20.6. The van der Waals surface area contributed by atoms with Crippen molar-refractivity contribution in [2.45, 2.75) is 329 Å². The van der Waals surface area contributed by atoms with Gasteiger partial charge in [-0.1, -0.05) is 290 Å². The lowest BCUT2D eigenvalue weighted by Crippen LogP contribution is -2.22. The summed E-state index contributed by atoms with van der Waals surface area (Å²) in [6.45, 7) is 6.80. The third-order valence-electron chi connectivity index (χ3n) is 14.6. The van der Waals surface area contributed by atoms with Crippen LogP contribution in [0.15, 0.2) is 0 Å². The van der Waals surface area contributed by atoms with E-state index in [0.29, 0.717) is 30.4 Å². The average molecular weight is 926 g/mol. The first kappa shape index (κ1) is 61.6. The highest BCUT2D eigenvalue weighted by Gasteiger charge is 2.32. The van der Waals surface area contributed by atoms with Crippen molar-refractivity contribution in [3.05, 3.63) is 33.4 Å². The van der Waals surface area contributed by atoms with E-state index in [1.54, 1.807) is 0 Å². The third kappa shape index (κ3) is 31.6. The molecule has 0 saturated carbocycles. The molecule has 0 aliphatic carbocycles. The monoisotopic (exact) mass is 925 g/mol. The van der Waals surface area contributed by atoms with E-state index in [1.807, 2.05) is 0 Å². The minimum Gasteiger partial charge on any atom is -0.478 e. The molecule has 0 bridgehead atoms. The van der Waals surface area contributed by atoms with Crippen LogP contribution < -0.4 is 0 Å². The summed E-state index contributed by atoms with van der Waals surface area (Å²) < 4.78 is 0. The number of benzene rings is 1. The van der Waals surface area contributed by atoms with Gasteiger partial charge >= 0.3 is 17.9 Å². The van der Waals surface area contributed by atoms with Gasteiger partial charge in [0.15, 0.2) is 0 Å². The van der Waals surface area contributed by atoms with E-state index in [1.165, 1.54) is 212 Å². The third-order valence-corrected chi connectivity index (χ3v) is 14.6. The summed E-state index contributed by atoms with van der Waals surface area (Å²) in [7, 11) is 0. The number of hydrogen-bond acceptors (Lipinski definition) is 3. The van der Waals surface area contributed by atoms with Crippen LogP contribution in [-0.4, -0.2) is 33.2 Å². The van der Waals surface area contributed by atoms with Crippen LogP contribution in [0.2, 0.25) is 0 Å². The van der Waals surface area contributed by atoms with Gasteiger partial charge in [-0.25, -0.2) is 14.4 Å². The molecule has 0 aliphatic heterocycles. The normalized spacial score (nSPS) is 11.5. The summed E-state index contributed by atoms with van der Waals surface area (Å²) in [5.74, 6) is -3.67. The number of carboxylic acids is 3. The van der Waals surface area contributed by atoms with Crippen molar-refractivity contribution >= 4 is 17.9 Å². The smallest absolute Gasteiger partial charge is 0.336 e. The lowest BCUT2D eigenvalue weighted by molar-refractivity contribution is 0.0646. The average Bonchev–Trinajstić information content (AvgIpc) is 3.29. The van der Waals surface area contributed by atoms with Gasteiger partial charge in [0.25, 0.3) is 0 Å². The molecule has 0 fully saturated rings. The number of carboxylic acid groups (broad SMARTS) is 3. The molecule has 384 valence electrons. The molecule has 0 amide bonds. The summed E-state index contributed by atoms with van der Waals surface area (Å²) in [6.07, 6.45) is 56.4. The van der Waals surface area contributed by atoms with E-state index in [2.05, 4.69) is 20.8 Å². The Bertz CT molecular complexity index is 1320. The first-order valence-electron chi connectivity index (χ1n) is 29.2. The van der Waals surface area contributed by atoms with Crippen LogP contribution in [0.5, 0.6) is 0 Å². The standard InChI is InChI=1S/C60H108O6/c1-4-7-10-13-16-19-22-25-28-31-34-37-40-43-46-49-52-53(50-47-44-41-38-35-32-29-26-23-20-17-14-11-8-5-2)56(59(63)64)57(60(65)66)54(55(52)58(61)62)51-48-45-42-39-36-33-30-27-24-21-18-15-12-9-6-3/h4-51H2,1-3H3,(H,61,62)(H,63,64)(H,65,66). The fourth-order valence-electron chi connectivity index (χ4n) is 10.5. The lowest BCUT2D eigenvalue weighted by Gasteiger charge is -2.22. The molecule has 0 unspecified atom stereocenters. The zero-order valence-electron chi connectivity index (χ0n) is 44.0. The van der Waals surface area contributed by atoms with Crippen LogP contribution in [0.25, 0.3) is 0 Å². The van der Waals surface area contributed by atoms with Crippen molar-refractivity contribution in [2.75, 3.05) is 0 Å². The van der Waals surface area contributed by atoms with Crippen LogP contribution in [0, 0.1) is 0 Å². The molecule has 1 aromatic carbocycles. The molecule has 0 spiro atoms. The Labute approximate surface area is 408 Å². The second-order valence-corrected chi connectivity index (χ2v) is 20.6. The molecule has 1 rings (SSSR count). The number of rotatable bonds is 51. The first-order valence-corrected chi connectivity index (χ1v) is 29.2. The maximum Gasteiger partial charge on any atom is 0.336 e. The highest BCUT2D eigenvalue weighted by atomic mass is 16.4. The van der Waals surface area contributed by atoms with Gasteiger partial charge in [0, 0.05) is 0 Å². The topological polar surface area (TPSA) is 112 Å².